The molecule has 0 radical (unpaired) electrons. The second-order valence-corrected chi connectivity index (χ2v) is 6.36. The van der Waals surface area contributed by atoms with Crippen LogP contribution in [0.3, 0.4) is 0 Å². The Kier molecular flexibility index (Phi) is 3.92. The van der Waals surface area contributed by atoms with E-state index in [0.717, 1.165) is 41.6 Å². The summed E-state index contributed by atoms with van der Waals surface area (Å²) in [6.07, 6.45) is 5.52. The van der Waals surface area contributed by atoms with Gasteiger partial charge in [0, 0.05) is 36.0 Å². The van der Waals surface area contributed by atoms with E-state index in [2.05, 4.69) is 4.98 Å². The molecule has 1 amide bonds. The Morgan fingerprint density at radius 3 is 3.00 bits per heavy atom. The van der Waals surface area contributed by atoms with Gasteiger partial charge in [0.25, 0.3) is 5.91 Å². The first-order valence-corrected chi connectivity index (χ1v) is 8.47. The number of likely N-dealkylation sites (tertiary alicyclic amines) is 1. The Morgan fingerprint density at radius 1 is 1.36 bits per heavy atom. The standard InChI is InChI=1S/C20H20N2O3/c1-13-16-8-7-15(24-2)11-18(16)25-19(13)20(23)22-10-4-6-17(22)14-5-3-9-21-12-14/h3,5,7-9,11-12,17H,4,6,10H2,1-2H3. The number of benzene rings is 1. The van der Waals surface area contributed by atoms with Crippen molar-refractivity contribution < 1.29 is 13.9 Å². The SMILES string of the molecule is COc1ccc2c(C)c(C(=O)N3CCCC3c3cccnc3)oc2c1. The molecular weight excluding hydrogens is 316 g/mol. The van der Waals surface area contributed by atoms with Gasteiger partial charge in [-0.2, -0.15) is 0 Å². The van der Waals surface area contributed by atoms with E-state index in [-0.39, 0.29) is 11.9 Å². The summed E-state index contributed by atoms with van der Waals surface area (Å²) >= 11 is 0. The molecule has 3 heterocycles. The van der Waals surface area contributed by atoms with Crippen molar-refractivity contribution in [2.45, 2.75) is 25.8 Å². The molecule has 1 aliphatic heterocycles. The molecule has 0 saturated carbocycles. The molecular formula is C20H20N2O3. The van der Waals surface area contributed by atoms with Gasteiger partial charge in [-0.1, -0.05) is 6.07 Å². The number of methoxy groups -OCH3 is 1. The Bertz CT molecular complexity index is 917. The highest BCUT2D eigenvalue weighted by Crippen LogP contribution is 2.35. The van der Waals surface area contributed by atoms with Gasteiger partial charge in [0.1, 0.15) is 11.3 Å². The van der Waals surface area contributed by atoms with Crippen molar-refractivity contribution in [2.75, 3.05) is 13.7 Å². The van der Waals surface area contributed by atoms with Gasteiger partial charge in [-0.05, 0) is 43.5 Å². The molecule has 1 aliphatic rings. The van der Waals surface area contributed by atoms with Crippen molar-refractivity contribution in [3.8, 4) is 5.75 Å². The number of aromatic nitrogens is 1. The van der Waals surface area contributed by atoms with Gasteiger partial charge in [0.2, 0.25) is 0 Å². The molecule has 0 spiro atoms. The zero-order valence-electron chi connectivity index (χ0n) is 14.4. The van der Waals surface area contributed by atoms with E-state index >= 15 is 0 Å². The van der Waals surface area contributed by atoms with E-state index in [4.69, 9.17) is 9.15 Å². The zero-order valence-corrected chi connectivity index (χ0v) is 14.4. The van der Waals surface area contributed by atoms with Crippen LogP contribution in [0.25, 0.3) is 11.0 Å². The van der Waals surface area contributed by atoms with Crippen molar-refractivity contribution in [1.82, 2.24) is 9.88 Å². The van der Waals surface area contributed by atoms with E-state index in [0.29, 0.717) is 11.3 Å². The van der Waals surface area contributed by atoms with Crippen LogP contribution in [0.2, 0.25) is 0 Å². The first-order valence-electron chi connectivity index (χ1n) is 8.47. The number of amides is 1. The smallest absolute Gasteiger partial charge is 0.290 e. The summed E-state index contributed by atoms with van der Waals surface area (Å²) in [4.78, 5) is 19.2. The third-order valence-electron chi connectivity index (χ3n) is 4.92. The van der Waals surface area contributed by atoms with Crippen LogP contribution in [0.4, 0.5) is 0 Å². The van der Waals surface area contributed by atoms with Crippen molar-refractivity contribution >= 4 is 16.9 Å². The molecule has 25 heavy (non-hydrogen) atoms. The Hall–Kier alpha value is -2.82. The van der Waals surface area contributed by atoms with Crippen molar-refractivity contribution in [1.29, 1.82) is 0 Å². The van der Waals surface area contributed by atoms with Gasteiger partial charge < -0.3 is 14.1 Å². The summed E-state index contributed by atoms with van der Waals surface area (Å²) in [5, 5.41) is 0.946. The summed E-state index contributed by atoms with van der Waals surface area (Å²) in [5.74, 6) is 1.08. The number of rotatable bonds is 3. The van der Waals surface area contributed by atoms with E-state index in [1.165, 1.54) is 0 Å². The number of fused-ring (bicyclic) bond motifs is 1. The number of carbonyl (C=O) groups excluding carboxylic acids is 1. The maximum Gasteiger partial charge on any atom is 0.290 e. The van der Waals surface area contributed by atoms with Gasteiger partial charge >= 0.3 is 0 Å². The molecule has 0 aliphatic carbocycles. The van der Waals surface area contributed by atoms with Crippen molar-refractivity contribution in [3.05, 3.63) is 59.6 Å². The third-order valence-corrected chi connectivity index (χ3v) is 4.92. The van der Waals surface area contributed by atoms with Crippen LogP contribution in [0.1, 0.15) is 40.6 Å². The molecule has 1 aromatic carbocycles. The number of carbonyl (C=O) groups is 1. The predicted molar refractivity (Wildman–Crippen MR) is 94.8 cm³/mol. The van der Waals surface area contributed by atoms with Crippen LogP contribution >= 0.6 is 0 Å². The lowest BCUT2D eigenvalue weighted by atomic mass is 10.1. The number of aryl methyl sites for hydroxylation is 1. The van der Waals surface area contributed by atoms with Crippen LogP contribution in [0.5, 0.6) is 5.75 Å². The second kappa shape index (κ2) is 6.24. The van der Waals surface area contributed by atoms with Crippen LogP contribution in [0.15, 0.2) is 47.1 Å². The van der Waals surface area contributed by atoms with Gasteiger partial charge in [0.05, 0.1) is 13.2 Å². The lowest BCUT2D eigenvalue weighted by Gasteiger charge is -2.24. The third kappa shape index (κ3) is 2.65. The molecule has 3 aromatic rings. The van der Waals surface area contributed by atoms with Crippen LogP contribution in [-0.4, -0.2) is 29.4 Å². The molecule has 1 atom stereocenters. The highest BCUT2D eigenvalue weighted by molar-refractivity contribution is 5.99. The van der Waals surface area contributed by atoms with Gasteiger partial charge in [-0.3, -0.25) is 9.78 Å². The summed E-state index contributed by atoms with van der Waals surface area (Å²) in [7, 11) is 1.62. The maximum absolute atomic E-state index is 13.2. The minimum atomic E-state index is -0.0565. The van der Waals surface area contributed by atoms with E-state index in [1.54, 1.807) is 13.3 Å². The van der Waals surface area contributed by atoms with Gasteiger partial charge in [0.15, 0.2) is 5.76 Å². The summed E-state index contributed by atoms with van der Waals surface area (Å²) < 4.78 is 11.2. The van der Waals surface area contributed by atoms with E-state index in [1.807, 2.05) is 48.4 Å². The minimum Gasteiger partial charge on any atom is -0.497 e. The van der Waals surface area contributed by atoms with Crippen LogP contribution in [0, 0.1) is 6.92 Å². The minimum absolute atomic E-state index is 0.0565. The number of nitrogens with zero attached hydrogens (tertiary/aromatic N) is 2. The predicted octanol–water partition coefficient (Wildman–Crippen LogP) is 4.12. The number of furan rings is 1. The maximum atomic E-state index is 13.2. The molecule has 1 saturated heterocycles. The quantitative estimate of drug-likeness (QED) is 0.722. The average Bonchev–Trinajstić information content (AvgIpc) is 3.27. The topological polar surface area (TPSA) is 55.6 Å². The fraction of sp³-hybridized carbons (Fsp3) is 0.300. The molecule has 1 fully saturated rings. The number of hydrogen-bond acceptors (Lipinski definition) is 4. The molecule has 2 aromatic heterocycles. The molecule has 5 nitrogen and oxygen atoms in total. The summed E-state index contributed by atoms with van der Waals surface area (Å²) in [6.45, 7) is 2.67. The normalized spacial score (nSPS) is 17.2. The number of pyridine rings is 1. The zero-order chi connectivity index (χ0) is 17.4. The molecule has 5 heteroatoms. The lowest BCUT2D eigenvalue weighted by molar-refractivity contribution is 0.0704. The fourth-order valence-electron chi connectivity index (χ4n) is 3.60. The van der Waals surface area contributed by atoms with Gasteiger partial charge in [-0.25, -0.2) is 0 Å². The molecule has 128 valence electrons. The number of ether oxygens (including phenoxy) is 1. The van der Waals surface area contributed by atoms with E-state index < -0.39 is 0 Å². The average molecular weight is 336 g/mol. The summed E-state index contributed by atoms with van der Waals surface area (Å²) in [6, 6.07) is 9.64. The van der Waals surface area contributed by atoms with Crippen molar-refractivity contribution in [3.63, 3.8) is 0 Å². The van der Waals surface area contributed by atoms with Crippen LogP contribution in [-0.2, 0) is 0 Å². The van der Waals surface area contributed by atoms with Crippen LogP contribution < -0.4 is 4.74 Å². The first kappa shape index (κ1) is 15.7. The largest absolute Gasteiger partial charge is 0.497 e. The highest BCUT2D eigenvalue weighted by Gasteiger charge is 2.33. The highest BCUT2D eigenvalue weighted by atomic mass is 16.5. The molecule has 1 unspecified atom stereocenters. The molecule has 0 bridgehead atoms. The monoisotopic (exact) mass is 336 g/mol. The summed E-state index contributed by atoms with van der Waals surface area (Å²) in [5.41, 5.74) is 2.63. The fourth-order valence-corrected chi connectivity index (χ4v) is 3.60. The Morgan fingerprint density at radius 2 is 2.24 bits per heavy atom. The lowest BCUT2D eigenvalue weighted by Crippen LogP contribution is -2.30. The Labute approximate surface area is 146 Å². The van der Waals surface area contributed by atoms with E-state index in [9.17, 15) is 4.79 Å². The first-order chi connectivity index (χ1) is 12.2. The second-order valence-electron chi connectivity index (χ2n) is 6.36. The number of hydrogen-bond donors (Lipinski definition) is 0. The Balaban J connectivity index is 1.70. The molecule has 0 N–H and O–H groups in total. The van der Waals surface area contributed by atoms with Crippen molar-refractivity contribution in [2.24, 2.45) is 0 Å². The molecule has 4 rings (SSSR count). The van der Waals surface area contributed by atoms with Gasteiger partial charge in [-0.15, -0.1) is 0 Å².